The molecule has 0 bridgehead atoms. The molecule has 192 valence electrons. The van der Waals surface area contributed by atoms with Gasteiger partial charge in [-0.25, -0.2) is 22.3 Å². The van der Waals surface area contributed by atoms with Gasteiger partial charge < -0.3 is 14.3 Å². The van der Waals surface area contributed by atoms with Crippen LogP contribution in [-0.4, -0.2) is 36.4 Å². The topological polar surface area (TPSA) is 114 Å². The number of esters is 1. The molecule has 0 saturated carbocycles. The van der Waals surface area contributed by atoms with Crippen LogP contribution < -0.4 is 4.74 Å². The quantitative estimate of drug-likeness (QED) is 0.225. The fourth-order valence-electron chi connectivity index (χ4n) is 4.06. The van der Waals surface area contributed by atoms with Gasteiger partial charge in [0, 0.05) is 11.9 Å². The Bertz CT molecular complexity index is 1530. The molecule has 1 heterocycles. The van der Waals surface area contributed by atoms with E-state index in [0.717, 1.165) is 16.5 Å². The molecule has 4 rings (SSSR count). The largest absolute Gasteiger partial charge is 0.464 e. The fraction of sp³-hybridized carbons (Fsp3) is 0.214. The first-order chi connectivity index (χ1) is 17.5. The number of para-hydroxylation sites is 1. The summed E-state index contributed by atoms with van der Waals surface area (Å²) in [6, 6.07) is 18.6. The van der Waals surface area contributed by atoms with Gasteiger partial charge >= 0.3 is 12.1 Å². The van der Waals surface area contributed by atoms with Crippen LogP contribution in [0.4, 0.5) is 4.79 Å². The molecule has 0 saturated heterocycles. The number of amides is 1. The van der Waals surface area contributed by atoms with Crippen molar-refractivity contribution in [2.45, 2.75) is 32.6 Å². The summed E-state index contributed by atoms with van der Waals surface area (Å²) in [6.45, 7) is 6.99. The van der Waals surface area contributed by atoms with Crippen LogP contribution in [0.25, 0.3) is 22.1 Å². The van der Waals surface area contributed by atoms with Crippen molar-refractivity contribution in [3.05, 3.63) is 83.6 Å². The SMILES string of the molecule is Cc1cc(-c2ccc(S(=O)(=O)N(CC(C)C)C(=O)O)cc2)cc(C)c1OC(=O)c1cc2ccccc2o1. The number of sulfonamides is 1. The lowest BCUT2D eigenvalue weighted by Gasteiger charge is -2.21. The Morgan fingerprint density at radius 2 is 1.57 bits per heavy atom. The van der Waals surface area contributed by atoms with Crippen molar-refractivity contribution in [3.63, 3.8) is 0 Å². The van der Waals surface area contributed by atoms with Gasteiger partial charge in [0.25, 0.3) is 10.0 Å². The molecule has 8 nitrogen and oxygen atoms in total. The molecular formula is C28H27NO7S. The molecule has 1 N–H and O–H groups in total. The van der Waals surface area contributed by atoms with E-state index in [-0.39, 0.29) is 23.1 Å². The molecule has 0 aliphatic heterocycles. The van der Waals surface area contributed by atoms with Crippen LogP contribution in [0.2, 0.25) is 0 Å². The van der Waals surface area contributed by atoms with Gasteiger partial charge in [0.2, 0.25) is 5.76 Å². The third kappa shape index (κ3) is 5.36. The van der Waals surface area contributed by atoms with E-state index in [1.807, 2.05) is 44.2 Å². The van der Waals surface area contributed by atoms with Crippen molar-refractivity contribution in [1.29, 1.82) is 0 Å². The lowest BCUT2D eigenvalue weighted by atomic mass is 10.00. The Hall–Kier alpha value is -4.11. The number of nitrogens with zero attached hydrogens (tertiary/aromatic N) is 1. The van der Waals surface area contributed by atoms with Crippen molar-refractivity contribution in [2.24, 2.45) is 5.92 Å². The molecule has 0 radical (unpaired) electrons. The van der Waals surface area contributed by atoms with Crippen LogP contribution in [0.5, 0.6) is 5.75 Å². The van der Waals surface area contributed by atoms with Gasteiger partial charge in [0.1, 0.15) is 11.3 Å². The van der Waals surface area contributed by atoms with Crippen molar-refractivity contribution in [2.75, 3.05) is 6.54 Å². The zero-order chi connectivity index (χ0) is 26.9. The van der Waals surface area contributed by atoms with E-state index in [2.05, 4.69) is 0 Å². The molecular weight excluding hydrogens is 494 g/mol. The second kappa shape index (κ2) is 10.1. The lowest BCUT2D eigenvalue weighted by Crippen LogP contribution is -2.38. The summed E-state index contributed by atoms with van der Waals surface area (Å²) in [5.41, 5.74) is 3.54. The summed E-state index contributed by atoms with van der Waals surface area (Å²) in [4.78, 5) is 24.2. The first kappa shape index (κ1) is 26.0. The molecule has 3 aromatic carbocycles. The monoisotopic (exact) mass is 521 g/mol. The van der Waals surface area contributed by atoms with Crippen LogP contribution in [-0.2, 0) is 10.0 Å². The van der Waals surface area contributed by atoms with Crippen molar-refractivity contribution >= 4 is 33.1 Å². The third-order valence-electron chi connectivity index (χ3n) is 5.80. The first-order valence-electron chi connectivity index (χ1n) is 11.7. The Labute approximate surface area is 215 Å². The van der Waals surface area contributed by atoms with E-state index in [0.29, 0.717) is 26.8 Å². The van der Waals surface area contributed by atoms with Gasteiger partial charge in [0.15, 0.2) is 0 Å². The third-order valence-corrected chi connectivity index (χ3v) is 7.56. The zero-order valence-corrected chi connectivity index (χ0v) is 21.7. The molecule has 1 aromatic heterocycles. The predicted molar refractivity (Wildman–Crippen MR) is 139 cm³/mol. The summed E-state index contributed by atoms with van der Waals surface area (Å²) in [5, 5.41) is 10.2. The number of hydrogen-bond donors (Lipinski definition) is 1. The summed E-state index contributed by atoms with van der Waals surface area (Å²) in [6.07, 6.45) is -1.52. The number of aryl methyl sites for hydroxylation is 2. The lowest BCUT2D eigenvalue weighted by molar-refractivity contribution is 0.0701. The maximum atomic E-state index is 12.9. The number of benzene rings is 3. The van der Waals surface area contributed by atoms with Gasteiger partial charge in [-0.1, -0.05) is 44.2 Å². The zero-order valence-electron chi connectivity index (χ0n) is 20.9. The van der Waals surface area contributed by atoms with Gasteiger partial charge in [-0.2, -0.15) is 0 Å². The molecule has 9 heteroatoms. The number of carbonyl (C=O) groups is 2. The summed E-state index contributed by atoms with van der Waals surface area (Å²) in [5.74, 6) is -0.238. The van der Waals surface area contributed by atoms with Crippen molar-refractivity contribution < 1.29 is 32.3 Å². The average molecular weight is 522 g/mol. The van der Waals surface area contributed by atoms with E-state index < -0.39 is 22.1 Å². The Kier molecular flexibility index (Phi) is 7.09. The van der Waals surface area contributed by atoms with E-state index in [4.69, 9.17) is 9.15 Å². The van der Waals surface area contributed by atoms with E-state index in [1.54, 1.807) is 38.1 Å². The number of furan rings is 1. The van der Waals surface area contributed by atoms with E-state index in [1.165, 1.54) is 12.1 Å². The second-order valence-corrected chi connectivity index (χ2v) is 11.1. The molecule has 0 aliphatic carbocycles. The molecule has 1 amide bonds. The van der Waals surface area contributed by atoms with Gasteiger partial charge in [-0.3, -0.25) is 0 Å². The van der Waals surface area contributed by atoms with Gasteiger partial charge in [-0.05, 0) is 78.4 Å². The highest BCUT2D eigenvalue weighted by Gasteiger charge is 2.29. The van der Waals surface area contributed by atoms with Crippen LogP contribution in [0.15, 0.2) is 76.0 Å². The van der Waals surface area contributed by atoms with E-state index >= 15 is 0 Å². The highest BCUT2D eigenvalue weighted by atomic mass is 32.2. The van der Waals surface area contributed by atoms with E-state index in [9.17, 15) is 23.1 Å². The number of hydrogen-bond acceptors (Lipinski definition) is 6. The standard InChI is InChI=1S/C28H27NO7S/c1-17(2)16-29(28(31)32)37(33,34)23-11-9-20(10-12-23)22-13-18(3)26(19(4)14-22)36-27(30)25-15-21-7-5-6-8-24(21)35-25/h5-15,17H,16H2,1-4H3,(H,31,32). The Morgan fingerprint density at radius 1 is 0.946 bits per heavy atom. The Morgan fingerprint density at radius 3 is 2.14 bits per heavy atom. The molecule has 0 atom stereocenters. The van der Waals surface area contributed by atoms with Crippen molar-refractivity contribution in [1.82, 2.24) is 4.31 Å². The summed E-state index contributed by atoms with van der Waals surface area (Å²) < 4.78 is 37.5. The van der Waals surface area contributed by atoms with Crippen molar-refractivity contribution in [3.8, 4) is 16.9 Å². The molecule has 4 aromatic rings. The number of carbonyl (C=O) groups excluding carboxylic acids is 1. The minimum Gasteiger partial charge on any atom is -0.464 e. The number of ether oxygens (including phenoxy) is 1. The maximum Gasteiger partial charge on any atom is 0.421 e. The summed E-state index contributed by atoms with van der Waals surface area (Å²) >= 11 is 0. The number of carboxylic acid groups (broad SMARTS) is 1. The predicted octanol–water partition coefficient (Wildman–Crippen LogP) is 6.26. The Balaban J connectivity index is 1.57. The highest BCUT2D eigenvalue weighted by molar-refractivity contribution is 7.89. The maximum absolute atomic E-state index is 12.9. The molecule has 37 heavy (non-hydrogen) atoms. The highest BCUT2D eigenvalue weighted by Crippen LogP contribution is 2.32. The molecule has 0 fully saturated rings. The first-order valence-corrected chi connectivity index (χ1v) is 13.1. The number of fused-ring (bicyclic) bond motifs is 1. The van der Waals surface area contributed by atoms with Crippen LogP contribution in [0, 0.1) is 19.8 Å². The van der Waals surface area contributed by atoms with Crippen LogP contribution >= 0.6 is 0 Å². The minimum atomic E-state index is -4.20. The fourth-order valence-corrected chi connectivity index (χ4v) is 5.50. The normalized spacial score (nSPS) is 11.6. The smallest absolute Gasteiger partial charge is 0.421 e. The van der Waals surface area contributed by atoms with Crippen LogP contribution in [0.1, 0.15) is 35.5 Å². The molecule has 0 aliphatic rings. The van der Waals surface area contributed by atoms with Crippen LogP contribution in [0.3, 0.4) is 0 Å². The molecule has 0 spiro atoms. The van der Waals surface area contributed by atoms with Gasteiger partial charge in [-0.15, -0.1) is 0 Å². The summed E-state index contributed by atoms with van der Waals surface area (Å²) in [7, 11) is -4.20. The second-order valence-electron chi connectivity index (χ2n) is 9.21. The average Bonchev–Trinajstić information content (AvgIpc) is 3.29. The number of rotatable bonds is 7. The van der Waals surface area contributed by atoms with Gasteiger partial charge in [0.05, 0.1) is 4.90 Å². The minimum absolute atomic E-state index is 0.105. The molecule has 0 unspecified atom stereocenters.